The monoisotopic (exact) mass is 380 g/mol. The van der Waals surface area contributed by atoms with Crippen LogP contribution in [0.5, 0.6) is 0 Å². The van der Waals surface area contributed by atoms with Gasteiger partial charge in [-0.3, -0.25) is 14.6 Å². The fraction of sp³-hybridized carbons (Fsp3) is 0.522. The fourth-order valence-corrected chi connectivity index (χ4v) is 4.41. The quantitative estimate of drug-likeness (QED) is 0.732. The number of hydrogen-bond acceptors (Lipinski definition) is 4. The van der Waals surface area contributed by atoms with Gasteiger partial charge in [0.25, 0.3) is 5.91 Å². The van der Waals surface area contributed by atoms with E-state index in [0.29, 0.717) is 44.0 Å². The van der Waals surface area contributed by atoms with Gasteiger partial charge in [0.1, 0.15) is 0 Å². The highest BCUT2D eigenvalue weighted by molar-refractivity contribution is 6.06. The second-order valence-electron chi connectivity index (χ2n) is 8.32. The molecule has 5 heteroatoms. The van der Waals surface area contributed by atoms with E-state index in [0.717, 1.165) is 22.9 Å². The molecule has 1 saturated heterocycles. The Kier molecular flexibility index (Phi) is 5.09. The molecule has 1 aliphatic heterocycles. The van der Waals surface area contributed by atoms with E-state index in [2.05, 4.69) is 4.98 Å². The summed E-state index contributed by atoms with van der Waals surface area (Å²) in [5.74, 6) is 0.611. The van der Waals surface area contributed by atoms with Crippen molar-refractivity contribution in [3.8, 4) is 0 Å². The molecule has 0 atom stereocenters. The van der Waals surface area contributed by atoms with E-state index < -0.39 is 5.41 Å². The summed E-state index contributed by atoms with van der Waals surface area (Å²) in [5.41, 5.74) is 2.23. The van der Waals surface area contributed by atoms with Crippen LogP contribution in [0.1, 0.15) is 54.9 Å². The lowest BCUT2D eigenvalue weighted by Gasteiger charge is -2.40. The van der Waals surface area contributed by atoms with Crippen molar-refractivity contribution in [1.29, 1.82) is 0 Å². The molecular formula is C23H28N2O3. The molecule has 0 N–H and O–H groups in total. The zero-order chi connectivity index (χ0) is 19.7. The number of carbonyl (C=O) groups is 2. The molecule has 1 aromatic carbocycles. The van der Waals surface area contributed by atoms with E-state index in [1.165, 1.54) is 12.8 Å². The molecule has 4 rings (SSSR count). The Bertz CT molecular complexity index is 896. The van der Waals surface area contributed by atoms with Gasteiger partial charge < -0.3 is 9.64 Å². The largest absolute Gasteiger partial charge is 0.466 e. The topological polar surface area (TPSA) is 59.5 Å². The average molecular weight is 380 g/mol. The van der Waals surface area contributed by atoms with Crippen molar-refractivity contribution in [2.45, 2.75) is 46.0 Å². The van der Waals surface area contributed by atoms with Crippen LogP contribution in [0.15, 0.2) is 30.5 Å². The second-order valence-corrected chi connectivity index (χ2v) is 8.32. The van der Waals surface area contributed by atoms with E-state index in [1.807, 2.05) is 43.0 Å². The van der Waals surface area contributed by atoms with Gasteiger partial charge in [0.05, 0.1) is 23.1 Å². The molecule has 2 aromatic rings. The Morgan fingerprint density at radius 2 is 1.96 bits per heavy atom. The molecule has 28 heavy (non-hydrogen) atoms. The van der Waals surface area contributed by atoms with Crippen LogP contribution in [0.3, 0.4) is 0 Å². The number of carbonyl (C=O) groups excluding carboxylic acids is 2. The number of pyridine rings is 1. The summed E-state index contributed by atoms with van der Waals surface area (Å²) >= 11 is 0. The summed E-state index contributed by atoms with van der Waals surface area (Å²) in [7, 11) is 0. The minimum absolute atomic E-state index is 0.0295. The maximum Gasteiger partial charge on any atom is 0.312 e. The number of rotatable bonds is 5. The number of esters is 1. The third kappa shape index (κ3) is 3.62. The number of aryl methyl sites for hydroxylation is 1. The summed E-state index contributed by atoms with van der Waals surface area (Å²) in [4.78, 5) is 32.2. The van der Waals surface area contributed by atoms with Gasteiger partial charge in [-0.05, 0) is 57.2 Å². The first-order valence-electron chi connectivity index (χ1n) is 10.3. The maximum atomic E-state index is 13.2. The summed E-state index contributed by atoms with van der Waals surface area (Å²) < 4.78 is 5.41. The van der Waals surface area contributed by atoms with Crippen LogP contribution in [-0.2, 0) is 9.53 Å². The number of amides is 1. The Balaban J connectivity index is 1.53. The number of hydrogen-bond donors (Lipinski definition) is 0. The number of piperidine rings is 1. The van der Waals surface area contributed by atoms with Gasteiger partial charge in [0.2, 0.25) is 0 Å². The number of benzene rings is 1. The summed E-state index contributed by atoms with van der Waals surface area (Å²) in [6.45, 7) is 5.49. The first-order chi connectivity index (χ1) is 13.5. The summed E-state index contributed by atoms with van der Waals surface area (Å²) in [6.07, 6.45) is 6.42. The van der Waals surface area contributed by atoms with E-state index in [9.17, 15) is 9.59 Å². The minimum Gasteiger partial charge on any atom is -0.466 e. The van der Waals surface area contributed by atoms with Gasteiger partial charge in [-0.2, -0.15) is 0 Å². The first kappa shape index (κ1) is 18.9. The standard InChI is InChI=1S/C23H28N2O3/c1-3-28-22(27)23(15-17-5-6-17)9-12-25(13-10-23)21(26)18-8-11-24-20-7-4-16(2)14-19(18)20/h4,7-8,11,14,17H,3,5-6,9-10,12-13,15H2,1-2H3. The van der Waals surface area contributed by atoms with E-state index in [4.69, 9.17) is 4.74 Å². The number of likely N-dealkylation sites (tertiary alicyclic amines) is 1. The normalized spacial score (nSPS) is 18.9. The molecule has 148 valence electrons. The van der Waals surface area contributed by atoms with Crippen LogP contribution in [-0.4, -0.2) is 41.5 Å². The highest BCUT2D eigenvalue weighted by Crippen LogP contribution is 2.46. The van der Waals surface area contributed by atoms with Crippen LogP contribution in [0, 0.1) is 18.3 Å². The van der Waals surface area contributed by atoms with Crippen molar-refractivity contribution >= 4 is 22.8 Å². The molecule has 1 amide bonds. The molecule has 1 saturated carbocycles. The van der Waals surface area contributed by atoms with E-state index in [-0.39, 0.29) is 11.9 Å². The first-order valence-corrected chi connectivity index (χ1v) is 10.3. The lowest BCUT2D eigenvalue weighted by Crippen LogP contribution is -2.47. The van der Waals surface area contributed by atoms with Gasteiger partial charge in [0.15, 0.2) is 0 Å². The smallest absolute Gasteiger partial charge is 0.312 e. The molecule has 1 aromatic heterocycles. The van der Waals surface area contributed by atoms with Crippen molar-refractivity contribution < 1.29 is 14.3 Å². The van der Waals surface area contributed by atoms with E-state index >= 15 is 0 Å². The highest BCUT2D eigenvalue weighted by Gasteiger charge is 2.46. The van der Waals surface area contributed by atoms with Crippen LogP contribution in [0.2, 0.25) is 0 Å². The van der Waals surface area contributed by atoms with Crippen molar-refractivity contribution in [3.63, 3.8) is 0 Å². The van der Waals surface area contributed by atoms with Gasteiger partial charge in [-0.15, -0.1) is 0 Å². The number of nitrogens with zero attached hydrogens (tertiary/aromatic N) is 2. The van der Waals surface area contributed by atoms with Crippen molar-refractivity contribution in [3.05, 3.63) is 41.6 Å². The lowest BCUT2D eigenvalue weighted by atomic mass is 9.74. The molecule has 0 spiro atoms. The Hall–Kier alpha value is -2.43. The molecule has 0 unspecified atom stereocenters. The minimum atomic E-state index is -0.412. The highest BCUT2D eigenvalue weighted by atomic mass is 16.5. The lowest BCUT2D eigenvalue weighted by molar-refractivity contribution is -0.159. The van der Waals surface area contributed by atoms with Crippen molar-refractivity contribution in [2.75, 3.05) is 19.7 Å². The molecule has 2 fully saturated rings. The number of aromatic nitrogens is 1. The van der Waals surface area contributed by atoms with Crippen LogP contribution in [0.4, 0.5) is 0 Å². The summed E-state index contributed by atoms with van der Waals surface area (Å²) in [6, 6.07) is 7.80. The zero-order valence-corrected chi connectivity index (χ0v) is 16.7. The molecule has 0 radical (unpaired) electrons. The fourth-order valence-electron chi connectivity index (χ4n) is 4.41. The predicted octanol–water partition coefficient (Wildman–Crippen LogP) is 4.13. The Labute approximate surface area is 166 Å². The molecule has 0 bridgehead atoms. The maximum absolute atomic E-state index is 13.2. The predicted molar refractivity (Wildman–Crippen MR) is 108 cm³/mol. The van der Waals surface area contributed by atoms with E-state index in [1.54, 1.807) is 6.20 Å². The van der Waals surface area contributed by atoms with Crippen LogP contribution >= 0.6 is 0 Å². The van der Waals surface area contributed by atoms with Gasteiger partial charge in [-0.1, -0.05) is 24.5 Å². The van der Waals surface area contributed by atoms with Crippen LogP contribution in [0.25, 0.3) is 10.9 Å². The molecule has 2 heterocycles. The van der Waals surface area contributed by atoms with Gasteiger partial charge >= 0.3 is 5.97 Å². The molecule has 1 aliphatic carbocycles. The molecule has 2 aliphatic rings. The zero-order valence-electron chi connectivity index (χ0n) is 16.7. The number of ether oxygens (including phenoxy) is 1. The summed E-state index contributed by atoms with van der Waals surface area (Å²) in [5, 5.41) is 0.896. The van der Waals surface area contributed by atoms with Crippen LogP contribution < -0.4 is 0 Å². The van der Waals surface area contributed by atoms with Gasteiger partial charge in [0, 0.05) is 24.7 Å². The number of fused-ring (bicyclic) bond motifs is 1. The van der Waals surface area contributed by atoms with Crippen molar-refractivity contribution in [1.82, 2.24) is 9.88 Å². The molecule has 5 nitrogen and oxygen atoms in total. The molecular weight excluding hydrogens is 352 g/mol. The Morgan fingerprint density at radius 3 is 2.64 bits per heavy atom. The SMILES string of the molecule is CCOC(=O)C1(CC2CC2)CCN(C(=O)c2ccnc3ccc(C)cc23)CC1. The van der Waals surface area contributed by atoms with Crippen molar-refractivity contribution in [2.24, 2.45) is 11.3 Å². The third-order valence-corrected chi connectivity index (χ3v) is 6.22. The third-order valence-electron chi connectivity index (χ3n) is 6.22. The average Bonchev–Trinajstić information content (AvgIpc) is 3.51. The van der Waals surface area contributed by atoms with Gasteiger partial charge in [-0.25, -0.2) is 0 Å². The Morgan fingerprint density at radius 1 is 1.21 bits per heavy atom. The second kappa shape index (κ2) is 7.53.